The van der Waals surface area contributed by atoms with Crippen LogP contribution in [0.25, 0.3) is 11.4 Å². The zero-order valence-electron chi connectivity index (χ0n) is 14.3. The minimum Gasteiger partial charge on any atom is -0.378 e. The molecule has 0 radical (unpaired) electrons. The Kier molecular flexibility index (Phi) is 5.11. The minimum atomic E-state index is -0.0563. The molecule has 2 fully saturated rings. The van der Waals surface area contributed by atoms with Crippen LogP contribution in [0.5, 0.6) is 0 Å². The quantitative estimate of drug-likeness (QED) is 0.765. The van der Waals surface area contributed by atoms with Crippen molar-refractivity contribution in [2.45, 2.75) is 44.4 Å². The second-order valence-corrected chi connectivity index (χ2v) is 7.80. The third kappa shape index (κ3) is 4.00. The van der Waals surface area contributed by atoms with Crippen LogP contribution < -0.4 is 5.32 Å². The molecule has 0 spiro atoms. The molecule has 1 aromatic heterocycles. The van der Waals surface area contributed by atoms with E-state index in [9.17, 15) is 4.79 Å². The molecule has 0 unspecified atom stereocenters. The van der Waals surface area contributed by atoms with E-state index in [1.54, 1.807) is 16.7 Å². The summed E-state index contributed by atoms with van der Waals surface area (Å²) in [6.45, 7) is 0.853. The number of amides is 1. The molecule has 1 amide bonds. The first-order valence-electron chi connectivity index (χ1n) is 8.92. The highest BCUT2D eigenvalue weighted by molar-refractivity contribution is 7.71. The van der Waals surface area contributed by atoms with E-state index >= 15 is 0 Å². The minimum absolute atomic E-state index is 0.0563. The molecule has 2 aromatic rings. The highest BCUT2D eigenvalue weighted by Gasteiger charge is 2.36. The Hall–Kier alpha value is -1.70. The molecule has 2 atom stereocenters. The first-order chi connectivity index (χ1) is 12.6. The van der Waals surface area contributed by atoms with Gasteiger partial charge in [0.15, 0.2) is 10.6 Å². The van der Waals surface area contributed by atoms with E-state index in [1.807, 2.05) is 12.1 Å². The first kappa shape index (κ1) is 17.7. The van der Waals surface area contributed by atoms with E-state index in [2.05, 4.69) is 15.5 Å². The van der Waals surface area contributed by atoms with Crippen LogP contribution >= 0.6 is 23.8 Å². The number of rotatable bonds is 5. The van der Waals surface area contributed by atoms with Gasteiger partial charge in [0, 0.05) is 23.2 Å². The number of hydrogen-bond acceptors (Lipinski definition) is 4. The van der Waals surface area contributed by atoms with Gasteiger partial charge in [0.05, 0.1) is 6.10 Å². The molecule has 8 heteroatoms. The van der Waals surface area contributed by atoms with Gasteiger partial charge in [0.1, 0.15) is 6.54 Å². The van der Waals surface area contributed by atoms with Gasteiger partial charge in [-0.2, -0.15) is 5.10 Å². The molecule has 0 bridgehead atoms. The van der Waals surface area contributed by atoms with Crippen LogP contribution in [0.2, 0.25) is 5.02 Å². The standard InChI is InChI=1S/C18H21ClN4O2S/c19-13-5-3-12(4-6-13)17-21-22-18(26)23(17)10-16(24)20-14-7-8-25-15(9-14)11-1-2-11/h3-6,11,14-15H,1-2,7-10H2,(H,20,24)(H,22,26)/t14-,15-/m1/s1. The molecule has 1 saturated carbocycles. The smallest absolute Gasteiger partial charge is 0.240 e. The van der Waals surface area contributed by atoms with Crippen molar-refractivity contribution in [3.8, 4) is 11.4 Å². The number of aromatic amines is 1. The number of carbonyl (C=O) groups is 1. The predicted molar refractivity (Wildman–Crippen MR) is 101 cm³/mol. The summed E-state index contributed by atoms with van der Waals surface area (Å²) in [5.41, 5.74) is 0.856. The molecule has 2 N–H and O–H groups in total. The van der Waals surface area contributed by atoms with Crippen LogP contribution in [0, 0.1) is 10.7 Å². The molecule has 138 valence electrons. The summed E-state index contributed by atoms with van der Waals surface area (Å²) >= 11 is 11.2. The molecule has 1 aliphatic heterocycles. The van der Waals surface area contributed by atoms with Crippen LogP contribution in [-0.4, -0.2) is 39.4 Å². The Morgan fingerprint density at radius 3 is 2.85 bits per heavy atom. The van der Waals surface area contributed by atoms with Crippen LogP contribution in [0.3, 0.4) is 0 Å². The molecule has 2 heterocycles. The van der Waals surface area contributed by atoms with E-state index in [0.29, 0.717) is 34.2 Å². The maximum Gasteiger partial charge on any atom is 0.240 e. The number of hydrogen-bond donors (Lipinski definition) is 2. The highest BCUT2D eigenvalue weighted by atomic mass is 35.5. The van der Waals surface area contributed by atoms with Crippen LogP contribution in [0.4, 0.5) is 0 Å². The molecule has 26 heavy (non-hydrogen) atoms. The predicted octanol–water partition coefficient (Wildman–Crippen LogP) is 3.33. The summed E-state index contributed by atoms with van der Waals surface area (Å²) < 4.78 is 7.96. The van der Waals surface area contributed by atoms with Crippen molar-refractivity contribution < 1.29 is 9.53 Å². The monoisotopic (exact) mass is 392 g/mol. The van der Waals surface area contributed by atoms with Gasteiger partial charge in [-0.05, 0) is 68.1 Å². The second kappa shape index (κ2) is 7.50. The fraction of sp³-hybridized carbons (Fsp3) is 0.500. The van der Waals surface area contributed by atoms with Gasteiger partial charge in [0.2, 0.25) is 5.91 Å². The summed E-state index contributed by atoms with van der Waals surface area (Å²) in [5, 5.41) is 10.8. The Labute approximate surface area is 161 Å². The third-order valence-electron chi connectivity index (χ3n) is 4.99. The second-order valence-electron chi connectivity index (χ2n) is 6.98. The largest absolute Gasteiger partial charge is 0.378 e. The van der Waals surface area contributed by atoms with Crippen LogP contribution in [0.15, 0.2) is 24.3 Å². The lowest BCUT2D eigenvalue weighted by Gasteiger charge is -2.30. The summed E-state index contributed by atoms with van der Waals surface area (Å²) in [4.78, 5) is 12.6. The fourth-order valence-corrected chi connectivity index (χ4v) is 3.78. The Morgan fingerprint density at radius 1 is 1.35 bits per heavy atom. The number of ether oxygens (including phenoxy) is 1. The van der Waals surface area contributed by atoms with Gasteiger partial charge in [-0.3, -0.25) is 14.5 Å². The number of aromatic nitrogens is 3. The van der Waals surface area contributed by atoms with E-state index in [0.717, 1.165) is 18.4 Å². The fourth-order valence-electron chi connectivity index (χ4n) is 3.46. The summed E-state index contributed by atoms with van der Waals surface area (Å²) in [5.74, 6) is 1.26. The zero-order chi connectivity index (χ0) is 18.1. The van der Waals surface area contributed by atoms with E-state index in [1.165, 1.54) is 12.8 Å². The third-order valence-corrected chi connectivity index (χ3v) is 5.55. The number of carbonyl (C=O) groups excluding carboxylic acids is 1. The van der Waals surface area contributed by atoms with Gasteiger partial charge in [0.25, 0.3) is 0 Å². The Balaban J connectivity index is 1.43. The Bertz CT molecular complexity index is 844. The van der Waals surface area contributed by atoms with E-state index < -0.39 is 0 Å². The van der Waals surface area contributed by atoms with E-state index in [-0.39, 0.29) is 18.5 Å². The van der Waals surface area contributed by atoms with Crippen molar-refractivity contribution in [1.82, 2.24) is 20.1 Å². The summed E-state index contributed by atoms with van der Waals surface area (Å²) in [6, 6.07) is 7.47. The maximum atomic E-state index is 12.6. The maximum absolute atomic E-state index is 12.6. The van der Waals surface area contributed by atoms with Crippen molar-refractivity contribution in [1.29, 1.82) is 0 Å². The van der Waals surface area contributed by atoms with Crippen molar-refractivity contribution in [2.24, 2.45) is 5.92 Å². The number of halogens is 1. The Morgan fingerprint density at radius 2 is 2.12 bits per heavy atom. The average molecular weight is 393 g/mol. The SMILES string of the molecule is O=C(Cn1c(-c2ccc(Cl)cc2)n[nH]c1=S)N[C@@H]1CCO[C@@H](C2CC2)C1. The highest BCUT2D eigenvalue weighted by Crippen LogP contribution is 2.38. The number of H-pyrrole nitrogens is 1. The van der Waals surface area contributed by atoms with Crippen LogP contribution in [0.1, 0.15) is 25.7 Å². The molecule has 4 rings (SSSR count). The molecule has 1 aromatic carbocycles. The number of nitrogens with zero attached hydrogens (tertiary/aromatic N) is 2. The topological polar surface area (TPSA) is 71.9 Å². The zero-order valence-corrected chi connectivity index (χ0v) is 15.9. The van der Waals surface area contributed by atoms with Gasteiger partial charge < -0.3 is 10.1 Å². The van der Waals surface area contributed by atoms with Crippen molar-refractivity contribution >= 4 is 29.7 Å². The number of nitrogens with one attached hydrogen (secondary N) is 2. The average Bonchev–Trinajstić information content (AvgIpc) is 3.42. The normalized spacial score (nSPS) is 23.0. The van der Waals surface area contributed by atoms with Crippen molar-refractivity contribution in [3.63, 3.8) is 0 Å². The molecule has 1 saturated heterocycles. The molecule has 2 aliphatic rings. The lowest BCUT2D eigenvalue weighted by atomic mass is 10.00. The lowest BCUT2D eigenvalue weighted by molar-refractivity contribution is -0.123. The van der Waals surface area contributed by atoms with Gasteiger partial charge in [-0.25, -0.2) is 0 Å². The summed E-state index contributed by atoms with van der Waals surface area (Å²) in [7, 11) is 0. The molecule has 6 nitrogen and oxygen atoms in total. The lowest BCUT2D eigenvalue weighted by Crippen LogP contribution is -2.43. The van der Waals surface area contributed by atoms with Gasteiger partial charge in [-0.15, -0.1) is 0 Å². The van der Waals surface area contributed by atoms with Crippen molar-refractivity contribution in [3.05, 3.63) is 34.1 Å². The summed E-state index contributed by atoms with van der Waals surface area (Å²) in [6.07, 6.45) is 4.56. The van der Waals surface area contributed by atoms with Gasteiger partial charge >= 0.3 is 0 Å². The van der Waals surface area contributed by atoms with Gasteiger partial charge in [-0.1, -0.05) is 11.6 Å². The molecular weight excluding hydrogens is 372 g/mol. The molecular formula is C18H21ClN4O2S. The molecule has 1 aliphatic carbocycles. The number of benzene rings is 1. The van der Waals surface area contributed by atoms with E-state index in [4.69, 9.17) is 28.6 Å². The van der Waals surface area contributed by atoms with Crippen molar-refractivity contribution in [2.75, 3.05) is 6.61 Å². The first-order valence-corrected chi connectivity index (χ1v) is 9.71. The van der Waals surface area contributed by atoms with Crippen LogP contribution in [-0.2, 0) is 16.1 Å².